The molecule has 130 valence electrons. The second kappa shape index (κ2) is 7.21. The number of hydrogen-bond donors (Lipinski definition) is 1. The molecular weight excluding hydrogens is 322 g/mol. The van der Waals surface area contributed by atoms with E-state index >= 15 is 0 Å². The van der Waals surface area contributed by atoms with Crippen LogP contribution in [0.2, 0.25) is 0 Å². The quantitative estimate of drug-likeness (QED) is 0.736. The molecule has 2 aromatic heterocycles. The van der Waals surface area contributed by atoms with Crippen LogP contribution in [0.15, 0.2) is 45.5 Å². The highest BCUT2D eigenvalue weighted by atomic mass is 16.5. The van der Waals surface area contributed by atoms with Crippen molar-refractivity contribution in [2.45, 2.75) is 26.2 Å². The fraction of sp³-hybridized carbons (Fsp3) is 0.278. The molecule has 0 radical (unpaired) electrons. The van der Waals surface area contributed by atoms with E-state index in [9.17, 15) is 4.79 Å². The van der Waals surface area contributed by atoms with E-state index in [2.05, 4.69) is 15.5 Å². The molecule has 0 unspecified atom stereocenters. The average Bonchev–Trinajstić information content (AvgIpc) is 3.24. The number of amides is 1. The Morgan fingerprint density at radius 1 is 1.28 bits per heavy atom. The van der Waals surface area contributed by atoms with Gasteiger partial charge in [0.1, 0.15) is 5.75 Å². The lowest BCUT2D eigenvalue weighted by Gasteiger charge is -2.08. The number of hydrogen-bond acceptors (Lipinski definition) is 6. The summed E-state index contributed by atoms with van der Waals surface area (Å²) in [4.78, 5) is 16.5. The molecule has 2 heterocycles. The van der Waals surface area contributed by atoms with Crippen molar-refractivity contribution < 1.29 is 18.5 Å². The van der Waals surface area contributed by atoms with Gasteiger partial charge in [-0.05, 0) is 24.1 Å². The minimum Gasteiger partial charge on any atom is -0.495 e. The van der Waals surface area contributed by atoms with E-state index in [1.807, 2.05) is 32.0 Å². The molecule has 0 aliphatic carbocycles. The summed E-state index contributed by atoms with van der Waals surface area (Å²) < 4.78 is 15.9. The Labute approximate surface area is 145 Å². The van der Waals surface area contributed by atoms with Gasteiger partial charge in [0.25, 0.3) is 5.89 Å². The van der Waals surface area contributed by atoms with Crippen LogP contribution in [0.1, 0.15) is 31.2 Å². The van der Waals surface area contributed by atoms with Crippen molar-refractivity contribution in [3.8, 4) is 17.4 Å². The Balaban J connectivity index is 1.71. The van der Waals surface area contributed by atoms with Gasteiger partial charge < -0.3 is 19.0 Å². The number of rotatable bonds is 6. The molecule has 0 aliphatic rings. The van der Waals surface area contributed by atoms with Crippen LogP contribution >= 0.6 is 0 Å². The highest BCUT2D eigenvalue weighted by Gasteiger charge is 2.19. The van der Waals surface area contributed by atoms with E-state index in [4.69, 9.17) is 13.7 Å². The SMILES string of the molecule is COc1ccccc1NC(=O)Cc1noc(-c2occc2C(C)C)n1. The Morgan fingerprint density at radius 3 is 2.84 bits per heavy atom. The van der Waals surface area contributed by atoms with Gasteiger partial charge in [-0.1, -0.05) is 31.1 Å². The van der Waals surface area contributed by atoms with Crippen LogP contribution in [0.5, 0.6) is 5.75 Å². The van der Waals surface area contributed by atoms with Gasteiger partial charge in [0.05, 0.1) is 25.5 Å². The van der Waals surface area contributed by atoms with Crippen molar-refractivity contribution in [3.63, 3.8) is 0 Å². The molecule has 1 amide bonds. The monoisotopic (exact) mass is 341 g/mol. The third-order valence-electron chi connectivity index (χ3n) is 3.68. The highest BCUT2D eigenvalue weighted by Crippen LogP contribution is 2.29. The van der Waals surface area contributed by atoms with Crippen molar-refractivity contribution in [3.05, 3.63) is 48.0 Å². The second-order valence-electron chi connectivity index (χ2n) is 5.80. The molecular formula is C18H19N3O4. The fourth-order valence-corrected chi connectivity index (χ4v) is 2.45. The molecule has 0 aliphatic heterocycles. The zero-order chi connectivity index (χ0) is 17.8. The number of nitrogens with zero attached hydrogens (tertiary/aromatic N) is 2. The first-order valence-electron chi connectivity index (χ1n) is 7.91. The number of anilines is 1. The molecule has 0 bridgehead atoms. The normalized spacial score (nSPS) is 10.9. The van der Waals surface area contributed by atoms with Gasteiger partial charge in [0, 0.05) is 5.56 Å². The van der Waals surface area contributed by atoms with Crippen LogP contribution in [0, 0.1) is 0 Å². The summed E-state index contributed by atoms with van der Waals surface area (Å²) in [5.41, 5.74) is 1.57. The van der Waals surface area contributed by atoms with E-state index in [-0.39, 0.29) is 30.0 Å². The molecule has 1 N–H and O–H groups in total. The van der Waals surface area contributed by atoms with Crippen LogP contribution in [0.3, 0.4) is 0 Å². The number of aromatic nitrogens is 2. The summed E-state index contributed by atoms with van der Waals surface area (Å²) in [6.45, 7) is 4.10. The maximum atomic E-state index is 12.2. The minimum atomic E-state index is -0.264. The summed E-state index contributed by atoms with van der Waals surface area (Å²) in [5, 5.41) is 6.63. The van der Waals surface area contributed by atoms with Gasteiger partial charge in [-0.25, -0.2) is 0 Å². The Hall–Kier alpha value is -3.09. The highest BCUT2D eigenvalue weighted by molar-refractivity contribution is 5.93. The number of benzene rings is 1. The van der Waals surface area contributed by atoms with Crippen LogP contribution in [0.4, 0.5) is 5.69 Å². The third-order valence-corrected chi connectivity index (χ3v) is 3.68. The van der Waals surface area contributed by atoms with E-state index in [1.54, 1.807) is 25.5 Å². The lowest BCUT2D eigenvalue weighted by Crippen LogP contribution is -2.15. The summed E-state index contributed by atoms with van der Waals surface area (Å²) in [5.74, 6) is 1.68. The van der Waals surface area contributed by atoms with E-state index in [0.717, 1.165) is 5.56 Å². The molecule has 0 saturated heterocycles. The molecule has 1 aromatic carbocycles. The topological polar surface area (TPSA) is 90.4 Å². The van der Waals surface area contributed by atoms with Crippen LogP contribution in [-0.2, 0) is 11.2 Å². The van der Waals surface area contributed by atoms with Gasteiger partial charge in [0.2, 0.25) is 5.91 Å². The van der Waals surface area contributed by atoms with Crippen molar-refractivity contribution in [2.24, 2.45) is 0 Å². The van der Waals surface area contributed by atoms with Gasteiger partial charge in [-0.3, -0.25) is 4.79 Å². The molecule has 7 nitrogen and oxygen atoms in total. The van der Waals surface area contributed by atoms with Crippen molar-refractivity contribution in [2.75, 3.05) is 12.4 Å². The Morgan fingerprint density at radius 2 is 2.08 bits per heavy atom. The maximum absolute atomic E-state index is 12.2. The third kappa shape index (κ3) is 3.71. The summed E-state index contributed by atoms with van der Waals surface area (Å²) in [7, 11) is 1.55. The van der Waals surface area contributed by atoms with Gasteiger partial charge in [-0.2, -0.15) is 4.98 Å². The first-order chi connectivity index (χ1) is 12.1. The maximum Gasteiger partial charge on any atom is 0.293 e. The second-order valence-corrected chi connectivity index (χ2v) is 5.80. The summed E-state index contributed by atoms with van der Waals surface area (Å²) in [6.07, 6.45) is 1.57. The lowest BCUT2D eigenvalue weighted by molar-refractivity contribution is -0.115. The van der Waals surface area contributed by atoms with Crippen molar-refractivity contribution >= 4 is 11.6 Å². The molecule has 0 spiro atoms. The van der Waals surface area contributed by atoms with Gasteiger partial charge >= 0.3 is 0 Å². The Bertz CT molecular complexity index is 867. The minimum absolute atomic E-state index is 0.0146. The lowest BCUT2D eigenvalue weighted by atomic mass is 10.0. The van der Waals surface area contributed by atoms with Crippen molar-refractivity contribution in [1.29, 1.82) is 0 Å². The first kappa shape index (κ1) is 16.8. The predicted molar refractivity (Wildman–Crippen MR) is 91.4 cm³/mol. The number of methoxy groups -OCH3 is 1. The van der Waals surface area contributed by atoms with E-state index in [0.29, 0.717) is 17.2 Å². The summed E-state index contributed by atoms with van der Waals surface area (Å²) >= 11 is 0. The zero-order valence-electron chi connectivity index (χ0n) is 14.3. The molecule has 0 fully saturated rings. The number of para-hydroxylation sites is 2. The van der Waals surface area contributed by atoms with Crippen LogP contribution < -0.4 is 10.1 Å². The van der Waals surface area contributed by atoms with Crippen molar-refractivity contribution in [1.82, 2.24) is 10.1 Å². The first-order valence-corrected chi connectivity index (χ1v) is 7.91. The number of ether oxygens (including phenoxy) is 1. The number of carbonyl (C=O) groups is 1. The number of carbonyl (C=O) groups excluding carboxylic acids is 1. The molecule has 0 atom stereocenters. The van der Waals surface area contributed by atoms with Gasteiger partial charge in [-0.15, -0.1) is 0 Å². The molecule has 7 heteroatoms. The van der Waals surface area contributed by atoms with Crippen LogP contribution in [-0.4, -0.2) is 23.2 Å². The largest absolute Gasteiger partial charge is 0.495 e. The average molecular weight is 341 g/mol. The smallest absolute Gasteiger partial charge is 0.293 e. The van der Waals surface area contributed by atoms with E-state index in [1.165, 1.54) is 0 Å². The standard InChI is InChI=1S/C18H19N3O4/c1-11(2)12-8-9-24-17(12)18-20-15(21-25-18)10-16(22)19-13-6-4-5-7-14(13)23-3/h4-9,11H,10H2,1-3H3,(H,19,22). The molecule has 3 aromatic rings. The predicted octanol–water partition coefficient (Wildman–Crippen LogP) is 3.64. The van der Waals surface area contributed by atoms with Gasteiger partial charge in [0.15, 0.2) is 11.6 Å². The molecule has 25 heavy (non-hydrogen) atoms. The van der Waals surface area contributed by atoms with Crippen LogP contribution in [0.25, 0.3) is 11.7 Å². The Kier molecular flexibility index (Phi) is 4.83. The number of nitrogens with one attached hydrogen (secondary N) is 1. The molecule has 3 rings (SSSR count). The number of furan rings is 1. The zero-order valence-corrected chi connectivity index (χ0v) is 14.3. The fourth-order valence-electron chi connectivity index (χ4n) is 2.45. The summed E-state index contributed by atoms with van der Waals surface area (Å²) in [6, 6.07) is 9.05. The van der Waals surface area contributed by atoms with E-state index < -0.39 is 0 Å². The molecule has 0 saturated carbocycles.